The molecule has 0 bridgehead atoms. The minimum Gasteiger partial charge on any atom is -0.391 e. The molecule has 12 heteroatoms. The third-order valence-electron chi connectivity index (χ3n) is 7.11. The number of aliphatic hydroxyl groups excluding tert-OH is 1. The van der Waals surface area contributed by atoms with Crippen LogP contribution in [-0.2, 0) is 10.0 Å². The molecule has 2 aliphatic rings. The molecule has 5 rings (SSSR count). The fourth-order valence-electron chi connectivity index (χ4n) is 5.24. The van der Waals surface area contributed by atoms with Gasteiger partial charge < -0.3 is 14.9 Å². The van der Waals surface area contributed by atoms with Crippen LogP contribution >= 0.6 is 11.6 Å². The van der Waals surface area contributed by atoms with Crippen molar-refractivity contribution in [2.75, 3.05) is 35.5 Å². The molecule has 1 aromatic carbocycles. The fraction of sp³-hybridized carbons (Fsp3) is 0.480. The summed E-state index contributed by atoms with van der Waals surface area (Å²) in [6.07, 6.45) is 5.09. The van der Waals surface area contributed by atoms with E-state index in [2.05, 4.69) is 9.62 Å². The number of fused-ring (bicyclic) bond motifs is 1. The Morgan fingerprint density at radius 2 is 2.00 bits per heavy atom. The molecule has 0 spiro atoms. The zero-order valence-electron chi connectivity index (χ0n) is 21.1. The largest absolute Gasteiger partial charge is 0.391 e. The Morgan fingerprint density at radius 3 is 2.70 bits per heavy atom. The number of carbonyl (C=O) groups excluding carboxylic acids is 1. The third-order valence-corrected chi connectivity index (χ3v) is 7.93. The maximum Gasteiger partial charge on any atom is 0.256 e. The van der Waals surface area contributed by atoms with Crippen molar-refractivity contribution in [3.05, 3.63) is 52.3 Å². The summed E-state index contributed by atoms with van der Waals surface area (Å²) in [6.45, 7) is 5.80. The van der Waals surface area contributed by atoms with Crippen LogP contribution in [0, 0.1) is 12.8 Å². The highest BCUT2D eigenvalue weighted by molar-refractivity contribution is 7.92. The standard InChI is InChI=1S/C25H31ClN6O4S/c1-15-12-30(14-22(15)33)24-16(2)13-32-23(27-24)11-20(28-32)21-6-4-5-9-31(21)25(34)18-10-17(26)7-8-19(18)29-37(3,35)36/h7-8,10-11,13,15,21-22,29,33H,4-6,9,12,14H2,1-3H3/t15-,21-,22+/m0/s1. The topological polar surface area (TPSA) is 120 Å². The van der Waals surface area contributed by atoms with Crippen LogP contribution in [0.15, 0.2) is 30.5 Å². The maximum absolute atomic E-state index is 13.8. The van der Waals surface area contributed by atoms with Crippen molar-refractivity contribution < 1.29 is 18.3 Å². The highest BCUT2D eigenvalue weighted by Crippen LogP contribution is 2.34. The van der Waals surface area contributed by atoms with Crippen LogP contribution in [0.1, 0.15) is 53.8 Å². The molecule has 2 aliphatic heterocycles. The Bertz CT molecular complexity index is 1450. The van der Waals surface area contributed by atoms with Gasteiger partial charge in [-0.1, -0.05) is 18.5 Å². The minimum absolute atomic E-state index is 0.174. The summed E-state index contributed by atoms with van der Waals surface area (Å²) in [5.41, 5.74) is 2.75. The van der Waals surface area contributed by atoms with Crippen molar-refractivity contribution >= 4 is 44.7 Å². The van der Waals surface area contributed by atoms with E-state index in [0.29, 0.717) is 23.8 Å². The molecule has 0 aliphatic carbocycles. The summed E-state index contributed by atoms with van der Waals surface area (Å²) >= 11 is 6.19. The average molecular weight is 547 g/mol. The number of hydrogen-bond donors (Lipinski definition) is 2. The van der Waals surface area contributed by atoms with Gasteiger partial charge in [0, 0.05) is 48.4 Å². The SMILES string of the molecule is Cc1cn2nc([C@@H]3CCCCN3C(=O)c3cc(Cl)ccc3NS(C)(=O)=O)cc2nc1N1C[C@@H](O)[C@@H](C)C1. The minimum atomic E-state index is -3.59. The Kier molecular flexibility index (Phi) is 6.80. The first-order chi connectivity index (χ1) is 17.5. The summed E-state index contributed by atoms with van der Waals surface area (Å²) in [5.74, 6) is 0.697. The molecule has 2 fully saturated rings. The molecule has 0 saturated carbocycles. The number of hydrogen-bond acceptors (Lipinski definition) is 7. The molecule has 37 heavy (non-hydrogen) atoms. The molecule has 4 heterocycles. The van der Waals surface area contributed by atoms with Crippen LogP contribution in [0.3, 0.4) is 0 Å². The molecule has 2 saturated heterocycles. The van der Waals surface area contributed by atoms with Gasteiger partial charge in [0.2, 0.25) is 10.0 Å². The zero-order chi connectivity index (χ0) is 26.5. The number of rotatable bonds is 5. The first kappa shape index (κ1) is 25.7. The number of aromatic nitrogens is 3. The van der Waals surface area contributed by atoms with Gasteiger partial charge in [-0.05, 0) is 44.4 Å². The average Bonchev–Trinajstić information content (AvgIpc) is 3.40. The van der Waals surface area contributed by atoms with Crippen LogP contribution in [0.5, 0.6) is 0 Å². The number of piperidine rings is 1. The Hall–Kier alpha value is -2.89. The van der Waals surface area contributed by atoms with Crippen molar-refractivity contribution in [1.29, 1.82) is 0 Å². The fourth-order valence-corrected chi connectivity index (χ4v) is 5.99. The molecular formula is C25H31ClN6O4S. The van der Waals surface area contributed by atoms with E-state index >= 15 is 0 Å². The van der Waals surface area contributed by atoms with E-state index in [1.54, 1.807) is 15.5 Å². The molecule has 10 nitrogen and oxygen atoms in total. The second-order valence-corrected chi connectivity index (χ2v) is 12.3. The van der Waals surface area contributed by atoms with E-state index in [9.17, 15) is 18.3 Å². The number of nitrogens with zero attached hydrogens (tertiary/aromatic N) is 5. The lowest BCUT2D eigenvalue weighted by molar-refractivity contribution is 0.0607. The van der Waals surface area contributed by atoms with Gasteiger partial charge in [0.15, 0.2) is 5.65 Å². The number of benzene rings is 1. The first-order valence-corrected chi connectivity index (χ1v) is 14.7. The quantitative estimate of drug-likeness (QED) is 0.504. The first-order valence-electron chi connectivity index (χ1n) is 12.4. The van der Waals surface area contributed by atoms with Crippen molar-refractivity contribution in [2.45, 2.75) is 45.3 Å². The molecule has 0 unspecified atom stereocenters. The normalized spacial score (nSPS) is 22.6. The molecule has 1 amide bonds. The number of aryl methyl sites for hydroxylation is 1. The third kappa shape index (κ3) is 5.25. The van der Waals surface area contributed by atoms with Crippen molar-refractivity contribution in [3.63, 3.8) is 0 Å². The molecule has 198 valence electrons. The van der Waals surface area contributed by atoms with Gasteiger partial charge in [0.05, 0.1) is 35.3 Å². The summed E-state index contributed by atoms with van der Waals surface area (Å²) in [4.78, 5) is 22.5. The Balaban J connectivity index is 1.48. The van der Waals surface area contributed by atoms with E-state index in [1.165, 1.54) is 12.1 Å². The van der Waals surface area contributed by atoms with Gasteiger partial charge >= 0.3 is 0 Å². The van der Waals surface area contributed by atoms with Gasteiger partial charge in [-0.2, -0.15) is 5.10 Å². The highest BCUT2D eigenvalue weighted by Gasteiger charge is 2.33. The summed E-state index contributed by atoms with van der Waals surface area (Å²) in [5, 5.41) is 15.3. The highest BCUT2D eigenvalue weighted by atomic mass is 35.5. The van der Waals surface area contributed by atoms with E-state index < -0.39 is 10.0 Å². The second kappa shape index (κ2) is 9.77. The van der Waals surface area contributed by atoms with Gasteiger partial charge in [0.25, 0.3) is 5.91 Å². The van der Waals surface area contributed by atoms with E-state index in [0.717, 1.165) is 49.1 Å². The van der Waals surface area contributed by atoms with Crippen LogP contribution in [0.2, 0.25) is 5.02 Å². The number of halogens is 1. The molecule has 0 radical (unpaired) electrons. The van der Waals surface area contributed by atoms with Gasteiger partial charge in [-0.3, -0.25) is 9.52 Å². The number of likely N-dealkylation sites (tertiary alicyclic amines) is 1. The Labute approximate surface area is 221 Å². The van der Waals surface area contributed by atoms with Crippen molar-refractivity contribution in [3.8, 4) is 0 Å². The number of nitrogens with one attached hydrogen (secondary N) is 1. The van der Waals surface area contributed by atoms with E-state index in [4.69, 9.17) is 21.7 Å². The van der Waals surface area contributed by atoms with Crippen LogP contribution in [0.4, 0.5) is 11.5 Å². The molecule has 3 atom stereocenters. The van der Waals surface area contributed by atoms with Gasteiger partial charge in [-0.25, -0.2) is 17.9 Å². The van der Waals surface area contributed by atoms with Gasteiger partial charge in [0.1, 0.15) is 5.82 Å². The maximum atomic E-state index is 13.8. The summed E-state index contributed by atoms with van der Waals surface area (Å²) < 4.78 is 28.0. The number of aliphatic hydroxyl groups is 1. The number of β-amino-alcohol motifs (C(OH)–C–C–N with tert-alkyl or cyclic N) is 1. The lowest BCUT2D eigenvalue weighted by Crippen LogP contribution is -2.39. The van der Waals surface area contributed by atoms with Crippen molar-refractivity contribution in [1.82, 2.24) is 19.5 Å². The molecule has 3 aromatic rings. The second-order valence-electron chi connectivity index (χ2n) is 10.1. The van der Waals surface area contributed by atoms with Crippen LogP contribution in [0.25, 0.3) is 5.65 Å². The number of carbonyl (C=O) groups is 1. The molecule has 2 N–H and O–H groups in total. The Morgan fingerprint density at radius 1 is 1.22 bits per heavy atom. The molecular weight excluding hydrogens is 516 g/mol. The van der Waals surface area contributed by atoms with Crippen LogP contribution < -0.4 is 9.62 Å². The molecule has 2 aromatic heterocycles. The van der Waals surface area contributed by atoms with E-state index in [-0.39, 0.29) is 35.2 Å². The summed E-state index contributed by atoms with van der Waals surface area (Å²) in [7, 11) is -3.59. The van der Waals surface area contributed by atoms with E-state index in [1.807, 2.05) is 26.1 Å². The van der Waals surface area contributed by atoms with Crippen LogP contribution in [-0.4, -0.2) is 70.9 Å². The lowest BCUT2D eigenvalue weighted by atomic mass is 9.98. The monoisotopic (exact) mass is 546 g/mol. The summed E-state index contributed by atoms with van der Waals surface area (Å²) in [6, 6.07) is 6.17. The lowest BCUT2D eigenvalue weighted by Gasteiger charge is -2.35. The van der Waals surface area contributed by atoms with Crippen molar-refractivity contribution in [2.24, 2.45) is 5.92 Å². The number of amides is 1. The predicted octanol–water partition coefficient (Wildman–Crippen LogP) is 3.25. The smallest absolute Gasteiger partial charge is 0.256 e. The number of sulfonamides is 1. The zero-order valence-corrected chi connectivity index (χ0v) is 22.6. The predicted molar refractivity (Wildman–Crippen MR) is 143 cm³/mol. The van der Waals surface area contributed by atoms with Gasteiger partial charge in [-0.15, -0.1) is 0 Å². The number of anilines is 2.